The lowest BCUT2D eigenvalue weighted by molar-refractivity contribution is -0.167. The van der Waals surface area contributed by atoms with E-state index in [1.165, 1.54) is 6.33 Å². The molecular formula is C30H30N8O6. The molecule has 0 bridgehead atoms. The Morgan fingerprint density at radius 1 is 0.977 bits per heavy atom. The molecule has 4 heterocycles. The number of fused-ring (bicyclic) bond motifs is 1. The molecule has 14 heteroatoms. The minimum atomic E-state index is -1.27. The summed E-state index contributed by atoms with van der Waals surface area (Å²) in [5.74, 6) is -1.07. The summed E-state index contributed by atoms with van der Waals surface area (Å²) in [5.41, 5.74) is 10.9. The van der Waals surface area contributed by atoms with Crippen molar-refractivity contribution in [3.8, 4) is 0 Å². The molecule has 0 saturated carbocycles. The third-order valence-corrected chi connectivity index (χ3v) is 7.59. The number of benzene rings is 2. The van der Waals surface area contributed by atoms with E-state index in [4.69, 9.17) is 18.9 Å². The van der Waals surface area contributed by atoms with Crippen molar-refractivity contribution in [1.29, 1.82) is 0 Å². The van der Waals surface area contributed by atoms with Gasteiger partial charge in [-0.15, -0.1) is 0 Å². The van der Waals surface area contributed by atoms with Crippen LogP contribution in [0, 0.1) is 0 Å². The topological polar surface area (TPSA) is 175 Å². The Balaban J connectivity index is 1.36. The van der Waals surface area contributed by atoms with Gasteiger partial charge in [-0.25, -0.2) is 24.5 Å². The van der Waals surface area contributed by atoms with E-state index < -0.39 is 42.5 Å². The van der Waals surface area contributed by atoms with Gasteiger partial charge in [0.05, 0.1) is 23.6 Å². The quantitative estimate of drug-likeness (QED) is 0.128. The van der Waals surface area contributed by atoms with Crippen LogP contribution in [0.25, 0.3) is 21.6 Å². The molecule has 2 fully saturated rings. The Labute approximate surface area is 251 Å². The van der Waals surface area contributed by atoms with Gasteiger partial charge in [0, 0.05) is 11.5 Å². The maximum atomic E-state index is 13.3. The minimum Gasteiger partial charge on any atom is -0.454 e. The number of aromatic nitrogens is 4. The van der Waals surface area contributed by atoms with Gasteiger partial charge < -0.3 is 24.3 Å². The number of imidazole rings is 1. The molecule has 44 heavy (non-hydrogen) atoms. The first kappa shape index (κ1) is 29.1. The Hall–Kier alpha value is -5.04. The van der Waals surface area contributed by atoms with Crippen LogP contribution in [0.15, 0.2) is 78.4 Å². The number of carbonyl (C=O) groups excluding carboxylic acids is 2. The zero-order valence-electron chi connectivity index (χ0n) is 23.8. The normalized spacial score (nSPS) is 25.0. The molecule has 4 aromatic rings. The number of nitrogens with zero attached hydrogens (tertiary/aromatic N) is 7. The van der Waals surface area contributed by atoms with Gasteiger partial charge >= 0.3 is 11.9 Å². The molecule has 0 aliphatic carbocycles. The number of hydrogen-bond acceptors (Lipinski definition) is 11. The third-order valence-electron chi connectivity index (χ3n) is 7.59. The lowest BCUT2D eigenvalue weighted by Gasteiger charge is -2.43. The van der Waals surface area contributed by atoms with Crippen molar-refractivity contribution < 1.29 is 28.5 Å². The first-order chi connectivity index (χ1) is 21.5. The van der Waals surface area contributed by atoms with Crippen LogP contribution < -0.4 is 5.32 Å². The van der Waals surface area contributed by atoms with Gasteiger partial charge in [-0.2, -0.15) is 0 Å². The molecule has 1 unspecified atom stereocenters. The summed E-state index contributed by atoms with van der Waals surface area (Å²) in [7, 11) is 0. The summed E-state index contributed by atoms with van der Waals surface area (Å²) in [6, 6.07) is 15.7. The molecule has 0 spiro atoms. The molecule has 6 atom stereocenters. The van der Waals surface area contributed by atoms with Crippen molar-refractivity contribution in [1.82, 2.24) is 19.5 Å². The van der Waals surface area contributed by atoms with E-state index >= 15 is 0 Å². The van der Waals surface area contributed by atoms with Crippen molar-refractivity contribution in [2.75, 3.05) is 11.9 Å². The molecular weight excluding hydrogens is 568 g/mol. The van der Waals surface area contributed by atoms with Crippen molar-refractivity contribution in [3.63, 3.8) is 0 Å². The predicted molar refractivity (Wildman–Crippen MR) is 156 cm³/mol. The zero-order chi connectivity index (χ0) is 30.5. The van der Waals surface area contributed by atoms with Gasteiger partial charge in [0.25, 0.3) is 0 Å². The number of ether oxygens (including phenoxy) is 4. The summed E-state index contributed by atoms with van der Waals surface area (Å²) in [6.07, 6.45) is 1.35. The smallest absolute Gasteiger partial charge is 0.338 e. The van der Waals surface area contributed by atoms with Crippen molar-refractivity contribution in [2.45, 2.75) is 63.0 Å². The van der Waals surface area contributed by atoms with Gasteiger partial charge in [-0.1, -0.05) is 41.5 Å². The lowest BCUT2D eigenvalue weighted by Crippen LogP contribution is -2.61. The number of azide groups is 1. The van der Waals surface area contributed by atoms with Crippen LogP contribution in [0.4, 0.5) is 5.82 Å². The molecule has 2 aromatic heterocycles. The van der Waals surface area contributed by atoms with Crippen molar-refractivity contribution >= 4 is 28.9 Å². The molecule has 1 N–H and O–H groups in total. The standard InChI is InChI=1S/C30H30N8O6/c1-18-22(36-37-31)24(43-29(39)19-10-4-2-5-11-19)25(44-30(40)20-12-6-3-7-13-20)28(42-18)35-26-23-27(33-16-32-26)38(17-34-23)21-14-8-9-15-41-21/h2-7,10-13,16-18,21-22,24-25,28H,8-9,14-15H2,1H3,(H,32,33,35)/t18-,21?,22-,24+,25-,28-/m0/s1. The lowest BCUT2D eigenvalue weighted by atomic mass is 9.96. The summed E-state index contributed by atoms with van der Waals surface area (Å²) < 4.78 is 25.9. The first-order valence-corrected chi connectivity index (χ1v) is 14.3. The van der Waals surface area contributed by atoms with Crippen LogP contribution in [0.2, 0.25) is 0 Å². The number of hydrogen-bond donors (Lipinski definition) is 1. The van der Waals surface area contributed by atoms with E-state index in [9.17, 15) is 15.1 Å². The Kier molecular flexibility index (Phi) is 8.64. The molecule has 2 saturated heterocycles. The molecule has 2 aliphatic heterocycles. The van der Waals surface area contributed by atoms with E-state index in [2.05, 4.69) is 30.3 Å². The van der Waals surface area contributed by atoms with E-state index in [1.807, 2.05) is 4.57 Å². The van der Waals surface area contributed by atoms with E-state index in [1.54, 1.807) is 73.9 Å². The SMILES string of the molecule is C[C@@H]1O[C@H](Nc2ncnc3c2ncn3C2CCCCO2)[C@@H](OC(=O)c2ccccc2)[C@H](OC(=O)c2ccccc2)[C@H]1N=[N+]=[N-]. The van der Waals surface area contributed by atoms with E-state index in [0.29, 0.717) is 23.6 Å². The molecule has 2 aliphatic rings. The average molecular weight is 599 g/mol. The second-order valence-corrected chi connectivity index (χ2v) is 10.4. The summed E-state index contributed by atoms with van der Waals surface area (Å²) in [6.45, 7) is 2.33. The van der Waals surface area contributed by atoms with Crippen LogP contribution in [0.5, 0.6) is 0 Å². The predicted octanol–water partition coefficient (Wildman–Crippen LogP) is 4.81. The second-order valence-electron chi connectivity index (χ2n) is 10.4. The monoisotopic (exact) mass is 598 g/mol. The van der Waals surface area contributed by atoms with Gasteiger partial charge in [0.2, 0.25) is 0 Å². The third kappa shape index (κ3) is 6.04. The Bertz CT molecular complexity index is 1660. The first-order valence-electron chi connectivity index (χ1n) is 14.3. The van der Waals surface area contributed by atoms with Crippen molar-refractivity contribution in [3.05, 3.63) is 94.9 Å². The number of nitrogens with one attached hydrogen (secondary N) is 1. The largest absolute Gasteiger partial charge is 0.454 e. The fraction of sp³-hybridized carbons (Fsp3) is 0.367. The van der Waals surface area contributed by atoms with Crippen LogP contribution in [0.3, 0.4) is 0 Å². The van der Waals surface area contributed by atoms with E-state index in [0.717, 1.165) is 19.3 Å². The number of rotatable bonds is 8. The zero-order valence-corrected chi connectivity index (χ0v) is 23.8. The van der Waals surface area contributed by atoms with Crippen LogP contribution in [-0.4, -0.2) is 68.6 Å². The summed E-state index contributed by atoms with van der Waals surface area (Å²) in [4.78, 5) is 42.9. The molecule has 6 rings (SSSR count). The maximum Gasteiger partial charge on any atom is 0.338 e. The highest BCUT2D eigenvalue weighted by molar-refractivity contribution is 5.90. The van der Waals surface area contributed by atoms with Gasteiger partial charge in [-0.3, -0.25) is 4.57 Å². The van der Waals surface area contributed by atoms with Gasteiger partial charge in [0.15, 0.2) is 35.4 Å². The summed E-state index contributed by atoms with van der Waals surface area (Å²) >= 11 is 0. The average Bonchev–Trinajstić information content (AvgIpc) is 3.51. The minimum absolute atomic E-state index is 0.201. The van der Waals surface area contributed by atoms with Crippen LogP contribution in [-0.2, 0) is 18.9 Å². The fourth-order valence-corrected chi connectivity index (χ4v) is 5.40. The Morgan fingerprint density at radius 2 is 1.66 bits per heavy atom. The maximum absolute atomic E-state index is 13.3. The second kappa shape index (κ2) is 13.1. The number of anilines is 1. The Morgan fingerprint density at radius 3 is 2.30 bits per heavy atom. The molecule has 2 aromatic carbocycles. The van der Waals surface area contributed by atoms with Crippen LogP contribution >= 0.6 is 0 Å². The molecule has 226 valence electrons. The fourth-order valence-electron chi connectivity index (χ4n) is 5.40. The highest BCUT2D eigenvalue weighted by atomic mass is 16.6. The highest BCUT2D eigenvalue weighted by Gasteiger charge is 2.49. The number of esters is 2. The molecule has 0 radical (unpaired) electrons. The number of carbonyl (C=O) groups is 2. The van der Waals surface area contributed by atoms with E-state index in [-0.39, 0.29) is 17.4 Å². The van der Waals surface area contributed by atoms with Crippen molar-refractivity contribution in [2.24, 2.45) is 5.11 Å². The summed E-state index contributed by atoms with van der Waals surface area (Å²) in [5, 5.41) is 7.06. The van der Waals surface area contributed by atoms with Crippen LogP contribution in [0.1, 0.15) is 53.1 Å². The molecule has 14 nitrogen and oxygen atoms in total. The molecule has 0 amide bonds. The highest BCUT2D eigenvalue weighted by Crippen LogP contribution is 2.32. The van der Waals surface area contributed by atoms with Gasteiger partial charge in [0.1, 0.15) is 18.6 Å². The van der Waals surface area contributed by atoms with Gasteiger partial charge in [-0.05, 0) is 56.0 Å².